The molecule has 0 radical (unpaired) electrons. The van der Waals surface area contributed by atoms with Gasteiger partial charge in [-0.2, -0.15) is 8.78 Å². The number of ketones is 1. The number of carbonyl (C=O) groups is 2. The van der Waals surface area contributed by atoms with Gasteiger partial charge < -0.3 is 4.74 Å². The van der Waals surface area contributed by atoms with Gasteiger partial charge in [-0.3, -0.25) is 4.79 Å². The number of Topliss-reactive ketones (excluding diaryl/α,β-unsaturated/α-hetero) is 1. The van der Waals surface area contributed by atoms with Crippen LogP contribution in [0.25, 0.3) is 0 Å². The van der Waals surface area contributed by atoms with E-state index in [0.29, 0.717) is 0 Å². The smallest absolute Gasteiger partial charge is 0.404 e. The Bertz CT molecular complexity index is 412. The van der Waals surface area contributed by atoms with E-state index >= 15 is 0 Å². The van der Waals surface area contributed by atoms with Crippen LogP contribution in [-0.2, 0) is 9.53 Å². The Hall–Kier alpha value is -1.85. The number of benzene rings is 1. The van der Waals surface area contributed by atoms with E-state index in [2.05, 4.69) is 4.74 Å². The van der Waals surface area contributed by atoms with Crippen molar-refractivity contribution in [1.29, 1.82) is 0 Å². The molecule has 0 aromatic heterocycles. The summed E-state index contributed by atoms with van der Waals surface area (Å²) >= 11 is 0. The Morgan fingerprint density at radius 2 is 1.69 bits per heavy atom. The lowest BCUT2D eigenvalue weighted by atomic mass is 10.1. The van der Waals surface area contributed by atoms with Crippen molar-refractivity contribution in [3.05, 3.63) is 35.6 Å². The molecule has 6 heteroatoms. The topological polar surface area (TPSA) is 43.4 Å². The molecule has 0 aliphatic carbocycles. The predicted molar refractivity (Wildman–Crippen MR) is 47.7 cm³/mol. The zero-order chi connectivity index (χ0) is 12.3. The van der Waals surface area contributed by atoms with Gasteiger partial charge in [-0.1, -0.05) is 0 Å². The minimum atomic E-state index is -4.26. The average Bonchev–Trinajstić information content (AvgIpc) is 2.28. The summed E-state index contributed by atoms with van der Waals surface area (Å²) in [6.07, 6.45) is 0. The Kier molecular flexibility index (Phi) is 3.31. The summed E-state index contributed by atoms with van der Waals surface area (Å²) in [7, 11) is 0.744. The lowest BCUT2D eigenvalue weighted by Gasteiger charge is -2.11. The van der Waals surface area contributed by atoms with Crippen molar-refractivity contribution < 1.29 is 27.5 Å². The van der Waals surface area contributed by atoms with Crippen LogP contribution in [-0.4, -0.2) is 24.8 Å². The second-order valence-electron chi connectivity index (χ2n) is 2.90. The number of hydrogen-bond donors (Lipinski definition) is 0. The first kappa shape index (κ1) is 12.2. The zero-order valence-corrected chi connectivity index (χ0v) is 8.17. The molecule has 0 saturated carbocycles. The van der Waals surface area contributed by atoms with Gasteiger partial charge in [-0.25, -0.2) is 9.18 Å². The van der Waals surface area contributed by atoms with Gasteiger partial charge in [0.1, 0.15) is 5.82 Å². The largest absolute Gasteiger partial charge is 0.464 e. The summed E-state index contributed by atoms with van der Waals surface area (Å²) in [4.78, 5) is 21.9. The molecule has 0 spiro atoms. The third kappa shape index (κ3) is 2.21. The molecule has 1 aromatic rings. The normalized spacial score (nSPS) is 11.0. The average molecular weight is 232 g/mol. The third-order valence-corrected chi connectivity index (χ3v) is 1.83. The fourth-order valence-electron chi connectivity index (χ4n) is 1.00. The van der Waals surface area contributed by atoms with E-state index in [9.17, 15) is 22.8 Å². The van der Waals surface area contributed by atoms with Crippen LogP contribution < -0.4 is 0 Å². The van der Waals surface area contributed by atoms with Gasteiger partial charge >= 0.3 is 11.9 Å². The fourth-order valence-corrected chi connectivity index (χ4v) is 1.00. The third-order valence-electron chi connectivity index (χ3n) is 1.83. The van der Waals surface area contributed by atoms with Crippen molar-refractivity contribution >= 4 is 11.8 Å². The number of carbonyl (C=O) groups excluding carboxylic acids is 2. The van der Waals surface area contributed by atoms with Crippen LogP contribution >= 0.6 is 0 Å². The van der Waals surface area contributed by atoms with E-state index in [0.717, 1.165) is 31.4 Å². The van der Waals surface area contributed by atoms with Gasteiger partial charge in [0, 0.05) is 5.56 Å². The molecule has 3 nitrogen and oxygen atoms in total. The summed E-state index contributed by atoms with van der Waals surface area (Å²) in [5.74, 6) is -8.59. The molecule has 0 aliphatic heterocycles. The van der Waals surface area contributed by atoms with E-state index < -0.39 is 29.1 Å². The Labute approximate surface area is 88.8 Å². The van der Waals surface area contributed by atoms with E-state index in [1.165, 1.54) is 0 Å². The molecule has 0 unspecified atom stereocenters. The molecule has 0 aliphatic rings. The van der Waals surface area contributed by atoms with Crippen molar-refractivity contribution in [1.82, 2.24) is 0 Å². The van der Waals surface area contributed by atoms with E-state index in [-0.39, 0.29) is 0 Å². The highest BCUT2D eigenvalue weighted by atomic mass is 19.3. The molecule has 0 amide bonds. The quantitative estimate of drug-likeness (QED) is 0.453. The number of hydrogen-bond acceptors (Lipinski definition) is 3. The van der Waals surface area contributed by atoms with Gasteiger partial charge in [-0.15, -0.1) is 0 Å². The van der Waals surface area contributed by atoms with Crippen LogP contribution in [0.3, 0.4) is 0 Å². The number of ether oxygens (including phenoxy) is 1. The SMILES string of the molecule is COC(=O)C(F)(F)C(=O)c1ccc(F)cc1. The summed E-state index contributed by atoms with van der Waals surface area (Å²) in [6.45, 7) is 0. The molecule has 16 heavy (non-hydrogen) atoms. The van der Waals surface area contributed by atoms with E-state index in [4.69, 9.17) is 0 Å². The Morgan fingerprint density at radius 1 is 1.19 bits per heavy atom. The van der Waals surface area contributed by atoms with Gasteiger partial charge in [-0.05, 0) is 24.3 Å². The number of rotatable bonds is 3. The molecule has 1 rings (SSSR count). The highest BCUT2D eigenvalue weighted by Gasteiger charge is 2.48. The summed E-state index contributed by atoms with van der Waals surface area (Å²) in [6, 6.07) is 3.43. The standard InChI is InChI=1S/C10H7F3O3/c1-16-9(15)10(12,13)8(14)6-2-4-7(11)5-3-6/h2-5H,1H3. The molecular formula is C10H7F3O3. The number of methoxy groups -OCH3 is 1. The molecule has 0 saturated heterocycles. The lowest BCUT2D eigenvalue weighted by molar-refractivity contribution is -0.161. The first-order chi connectivity index (χ1) is 7.39. The van der Waals surface area contributed by atoms with Crippen molar-refractivity contribution in [2.24, 2.45) is 0 Å². The van der Waals surface area contributed by atoms with Gasteiger partial charge in [0.25, 0.3) is 0 Å². The highest BCUT2D eigenvalue weighted by molar-refractivity contribution is 6.13. The summed E-state index contributed by atoms with van der Waals surface area (Å²) in [5.41, 5.74) is -0.461. The maximum atomic E-state index is 13.1. The number of halogens is 3. The maximum Gasteiger partial charge on any atom is 0.404 e. The van der Waals surface area contributed by atoms with Crippen LogP contribution in [0.1, 0.15) is 10.4 Å². The molecule has 0 fully saturated rings. The second kappa shape index (κ2) is 4.34. The summed E-state index contributed by atoms with van der Waals surface area (Å²) in [5, 5.41) is 0. The molecule has 0 bridgehead atoms. The van der Waals surface area contributed by atoms with Crippen LogP contribution in [0.5, 0.6) is 0 Å². The second-order valence-corrected chi connectivity index (χ2v) is 2.90. The Morgan fingerprint density at radius 3 is 2.12 bits per heavy atom. The van der Waals surface area contributed by atoms with Gasteiger partial charge in [0.2, 0.25) is 5.78 Å². The molecular weight excluding hydrogens is 225 g/mol. The van der Waals surface area contributed by atoms with Crippen molar-refractivity contribution in [2.75, 3.05) is 7.11 Å². The van der Waals surface area contributed by atoms with Crippen LogP contribution in [0.4, 0.5) is 13.2 Å². The first-order valence-corrected chi connectivity index (χ1v) is 4.16. The van der Waals surface area contributed by atoms with E-state index in [1.54, 1.807) is 0 Å². The molecule has 1 aromatic carbocycles. The van der Waals surface area contributed by atoms with Gasteiger partial charge in [0.15, 0.2) is 0 Å². The lowest BCUT2D eigenvalue weighted by Crippen LogP contribution is -2.38. The first-order valence-electron chi connectivity index (χ1n) is 4.16. The van der Waals surface area contributed by atoms with Crippen molar-refractivity contribution in [3.8, 4) is 0 Å². The predicted octanol–water partition coefficient (Wildman–Crippen LogP) is 1.82. The molecule has 0 N–H and O–H groups in total. The van der Waals surface area contributed by atoms with Crippen molar-refractivity contribution in [3.63, 3.8) is 0 Å². The number of esters is 1. The van der Waals surface area contributed by atoms with Crippen molar-refractivity contribution in [2.45, 2.75) is 5.92 Å². The van der Waals surface area contributed by atoms with Crippen LogP contribution in [0, 0.1) is 5.82 Å². The summed E-state index contributed by atoms with van der Waals surface area (Å²) < 4.78 is 42.4. The number of alkyl halides is 2. The minimum absolute atomic E-state index is 0.461. The van der Waals surface area contributed by atoms with Gasteiger partial charge in [0.05, 0.1) is 7.11 Å². The highest BCUT2D eigenvalue weighted by Crippen LogP contribution is 2.21. The monoisotopic (exact) mass is 232 g/mol. The molecule has 0 heterocycles. The Balaban J connectivity index is 3.02. The van der Waals surface area contributed by atoms with E-state index in [1.807, 2.05) is 0 Å². The zero-order valence-electron chi connectivity index (χ0n) is 8.17. The van der Waals surface area contributed by atoms with Crippen LogP contribution in [0.2, 0.25) is 0 Å². The van der Waals surface area contributed by atoms with Crippen LogP contribution in [0.15, 0.2) is 24.3 Å². The fraction of sp³-hybridized carbons (Fsp3) is 0.200. The molecule has 86 valence electrons. The molecule has 0 atom stereocenters. The minimum Gasteiger partial charge on any atom is -0.464 e. The maximum absolute atomic E-state index is 13.1.